The summed E-state index contributed by atoms with van der Waals surface area (Å²) in [5.41, 5.74) is 1.90. The Hall–Kier alpha value is -1.83. The molecule has 0 N–H and O–H groups in total. The zero-order valence-electron chi connectivity index (χ0n) is 13.5. The van der Waals surface area contributed by atoms with Crippen molar-refractivity contribution in [3.05, 3.63) is 65.7 Å². The number of nitrogens with zero attached hydrogens (tertiary/aromatic N) is 2. The largest absolute Gasteiger partial charge is 0.497 e. The maximum atomic E-state index is 12.1. The Morgan fingerprint density at radius 1 is 1.04 bits per heavy atom. The van der Waals surface area contributed by atoms with Gasteiger partial charge in [-0.1, -0.05) is 77.3 Å². The number of benzene rings is 2. The Balaban J connectivity index is 1.51. The fourth-order valence-corrected chi connectivity index (χ4v) is 4.91. The first-order chi connectivity index (χ1) is 12.2. The van der Waals surface area contributed by atoms with E-state index in [1.807, 2.05) is 48.5 Å². The molecule has 1 heterocycles. The number of hydrogen-bond acceptors (Lipinski definition) is 7. The molecule has 0 aliphatic heterocycles. The second kappa shape index (κ2) is 9.03. The van der Waals surface area contributed by atoms with Gasteiger partial charge >= 0.3 is 0 Å². The van der Waals surface area contributed by atoms with Gasteiger partial charge in [-0.05, 0) is 17.7 Å². The third kappa shape index (κ3) is 5.32. The number of carbonyl (C=O) groups is 1. The molecule has 0 saturated carbocycles. The SMILES string of the molecule is COc1cccc(CSc2nnc(SCC(=O)c3ccccc3)s2)c1. The van der Waals surface area contributed by atoms with Crippen LogP contribution < -0.4 is 4.74 Å². The average Bonchev–Trinajstić information content (AvgIpc) is 3.13. The maximum Gasteiger partial charge on any atom is 0.175 e. The highest BCUT2D eigenvalue weighted by molar-refractivity contribution is 8.03. The first-order valence-corrected chi connectivity index (χ1v) is 10.3. The molecule has 7 heteroatoms. The van der Waals surface area contributed by atoms with Crippen LogP contribution in [0.3, 0.4) is 0 Å². The van der Waals surface area contributed by atoms with Gasteiger partial charge in [0, 0.05) is 11.3 Å². The molecule has 25 heavy (non-hydrogen) atoms. The molecule has 0 aliphatic rings. The van der Waals surface area contributed by atoms with Crippen molar-refractivity contribution >= 4 is 40.6 Å². The Labute approximate surface area is 159 Å². The zero-order valence-corrected chi connectivity index (χ0v) is 16.0. The average molecular weight is 389 g/mol. The van der Waals surface area contributed by atoms with Crippen molar-refractivity contribution in [2.24, 2.45) is 0 Å². The molecule has 0 spiro atoms. The van der Waals surface area contributed by atoms with Crippen LogP contribution in [0.4, 0.5) is 0 Å². The molecule has 3 aromatic rings. The van der Waals surface area contributed by atoms with Crippen LogP contribution >= 0.6 is 34.9 Å². The number of rotatable bonds is 8. The molecule has 4 nitrogen and oxygen atoms in total. The van der Waals surface area contributed by atoms with Crippen LogP contribution in [-0.4, -0.2) is 28.8 Å². The lowest BCUT2D eigenvalue weighted by molar-refractivity contribution is 0.102. The molecule has 0 atom stereocenters. The van der Waals surface area contributed by atoms with Gasteiger partial charge < -0.3 is 4.74 Å². The fraction of sp³-hybridized carbons (Fsp3) is 0.167. The lowest BCUT2D eigenvalue weighted by Gasteiger charge is -2.02. The van der Waals surface area contributed by atoms with E-state index in [4.69, 9.17) is 4.74 Å². The number of ether oxygens (including phenoxy) is 1. The van der Waals surface area contributed by atoms with E-state index in [-0.39, 0.29) is 5.78 Å². The molecule has 0 unspecified atom stereocenters. The summed E-state index contributed by atoms with van der Waals surface area (Å²) in [5, 5.41) is 8.35. The van der Waals surface area contributed by atoms with Crippen LogP contribution in [0, 0.1) is 0 Å². The third-order valence-electron chi connectivity index (χ3n) is 3.31. The topological polar surface area (TPSA) is 52.1 Å². The van der Waals surface area contributed by atoms with Crippen LogP contribution in [0.1, 0.15) is 15.9 Å². The van der Waals surface area contributed by atoms with Crippen LogP contribution in [0.15, 0.2) is 63.3 Å². The van der Waals surface area contributed by atoms with E-state index in [0.717, 1.165) is 25.7 Å². The highest BCUT2D eigenvalue weighted by Gasteiger charge is 2.10. The van der Waals surface area contributed by atoms with Gasteiger partial charge in [-0.25, -0.2) is 0 Å². The van der Waals surface area contributed by atoms with Gasteiger partial charge in [0.1, 0.15) is 5.75 Å². The summed E-state index contributed by atoms with van der Waals surface area (Å²) in [4.78, 5) is 12.1. The van der Waals surface area contributed by atoms with Crippen LogP contribution in [0.25, 0.3) is 0 Å². The van der Waals surface area contributed by atoms with Gasteiger partial charge in [-0.15, -0.1) is 10.2 Å². The Bertz CT molecular complexity index is 837. The van der Waals surface area contributed by atoms with E-state index in [1.54, 1.807) is 18.9 Å². The monoisotopic (exact) mass is 388 g/mol. The summed E-state index contributed by atoms with van der Waals surface area (Å²) in [5.74, 6) is 2.14. The molecule has 2 aromatic carbocycles. The Morgan fingerprint density at radius 3 is 2.56 bits per heavy atom. The first-order valence-electron chi connectivity index (χ1n) is 7.55. The molecular formula is C18H16N2O2S3. The summed E-state index contributed by atoms with van der Waals surface area (Å²) < 4.78 is 6.95. The molecule has 0 amide bonds. The fourth-order valence-electron chi connectivity index (χ4n) is 2.06. The number of methoxy groups -OCH3 is 1. The van der Waals surface area contributed by atoms with E-state index < -0.39 is 0 Å². The standard InChI is InChI=1S/C18H16N2O2S3/c1-22-15-9-5-6-13(10-15)11-23-17-19-20-18(25-17)24-12-16(21)14-7-3-2-4-8-14/h2-10H,11-12H2,1H3. The van der Waals surface area contributed by atoms with Crippen molar-refractivity contribution in [1.82, 2.24) is 10.2 Å². The molecule has 0 aliphatic carbocycles. The maximum absolute atomic E-state index is 12.1. The second-order valence-corrected chi connectivity index (χ2v) is 8.47. The highest BCUT2D eigenvalue weighted by atomic mass is 32.2. The van der Waals surface area contributed by atoms with Gasteiger partial charge in [-0.2, -0.15) is 0 Å². The summed E-state index contributed by atoms with van der Waals surface area (Å²) >= 11 is 4.59. The summed E-state index contributed by atoms with van der Waals surface area (Å²) in [6, 6.07) is 17.3. The zero-order chi connectivity index (χ0) is 17.5. The van der Waals surface area contributed by atoms with Gasteiger partial charge in [0.05, 0.1) is 12.9 Å². The van der Waals surface area contributed by atoms with E-state index >= 15 is 0 Å². The van der Waals surface area contributed by atoms with E-state index in [0.29, 0.717) is 5.75 Å². The molecule has 0 radical (unpaired) electrons. The van der Waals surface area contributed by atoms with Crippen molar-refractivity contribution in [1.29, 1.82) is 0 Å². The van der Waals surface area contributed by atoms with E-state index in [9.17, 15) is 4.79 Å². The number of thioether (sulfide) groups is 2. The predicted molar refractivity (Wildman–Crippen MR) is 104 cm³/mol. The summed E-state index contributed by atoms with van der Waals surface area (Å²) in [6.45, 7) is 0. The Morgan fingerprint density at radius 2 is 1.80 bits per heavy atom. The number of hydrogen-bond donors (Lipinski definition) is 0. The second-order valence-electron chi connectivity index (χ2n) is 5.05. The van der Waals surface area contributed by atoms with Gasteiger partial charge in [0.2, 0.25) is 0 Å². The lowest BCUT2D eigenvalue weighted by atomic mass is 10.2. The van der Waals surface area contributed by atoms with Crippen LogP contribution in [0.2, 0.25) is 0 Å². The number of ketones is 1. The normalized spacial score (nSPS) is 10.6. The number of aromatic nitrogens is 2. The quantitative estimate of drug-likeness (QED) is 0.408. The molecule has 128 valence electrons. The summed E-state index contributed by atoms with van der Waals surface area (Å²) in [7, 11) is 1.66. The molecule has 0 bridgehead atoms. The van der Waals surface area contributed by atoms with Crippen molar-refractivity contribution in [2.75, 3.05) is 12.9 Å². The molecule has 0 fully saturated rings. The van der Waals surface area contributed by atoms with Crippen LogP contribution in [-0.2, 0) is 5.75 Å². The van der Waals surface area contributed by atoms with Gasteiger partial charge in [0.25, 0.3) is 0 Å². The molecular weight excluding hydrogens is 372 g/mol. The highest BCUT2D eigenvalue weighted by Crippen LogP contribution is 2.31. The molecule has 0 saturated heterocycles. The summed E-state index contributed by atoms with van der Waals surface area (Å²) in [6.07, 6.45) is 0. The third-order valence-corrected chi connectivity index (χ3v) is 6.57. The van der Waals surface area contributed by atoms with E-state index in [2.05, 4.69) is 16.3 Å². The first kappa shape index (κ1) is 18.0. The van der Waals surface area contributed by atoms with Crippen molar-refractivity contribution in [3.8, 4) is 5.75 Å². The van der Waals surface area contributed by atoms with Gasteiger partial charge in [-0.3, -0.25) is 4.79 Å². The minimum atomic E-state index is 0.103. The number of Topliss-reactive ketones (excluding diaryl/α,β-unsaturated/α-hetero) is 1. The lowest BCUT2D eigenvalue weighted by Crippen LogP contribution is -2.01. The van der Waals surface area contributed by atoms with Crippen molar-refractivity contribution in [2.45, 2.75) is 14.4 Å². The Kier molecular flexibility index (Phi) is 6.49. The molecule has 3 rings (SSSR count). The van der Waals surface area contributed by atoms with E-state index in [1.165, 1.54) is 28.7 Å². The van der Waals surface area contributed by atoms with Crippen molar-refractivity contribution in [3.63, 3.8) is 0 Å². The number of carbonyl (C=O) groups excluding carboxylic acids is 1. The van der Waals surface area contributed by atoms with Crippen molar-refractivity contribution < 1.29 is 9.53 Å². The minimum Gasteiger partial charge on any atom is -0.497 e. The predicted octanol–water partition coefficient (Wildman–Crippen LogP) is 4.81. The smallest absolute Gasteiger partial charge is 0.175 e. The molecule has 1 aromatic heterocycles. The van der Waals surface area contributed by atoms with Crippen LogP contribution in [0.5, 0.6) is 5.75 Å². The minimum absolute atomic E-state index is 0.103. The van der Waals surface area contributed by atoms with Gasteiger partial charge in [0.15, 0.2) is 14.5 Å².